The third kappa shape index (κ3) is 3.02. The number of fused-ring (bicyclic) bond motifs is 1. The summed E-state index contributed by atoms with van der Waals surface area (Å²) in [4.78, 5) is 17.0. The number of hydrogen-bond acceptors (Lipinski definition) is 6. The molecular formula is C17H15N3O4S. The van der Waals surface area contributed by atoms with Crippen LogP contribution in [0.15, 0.2) is 27.7 Å². The van der Waals surface area contributed by atoms with Crippen LogP contribution >= 0.6 is 11.3 Å². The van der Waals surface area contributed by atoms with E-state index in [1.165, 1.54) is 17.4 Å². The van der Waals surface area contributed by atoms with Gasteiger partial charge < -0.3 is 18.6 Å². The first-order chi connectivity index (χ1) is 12.1. The first kappa shape index (κ1) is 16.8. The molecular weight excluding hydrogens is 342 g/mol. The van der Waals surface area contributed by atoms with Crippen LogP contribution in [0.3, 0.4) is 0 Å². The number of carbonyl (C=O) groups excluding carboxylic acids is 1. The summed E-state index contributed by atoms with van der Waals surface area (Å²) in [5, 5.41) is 3.70. The van der Waals surface area contributed by atoms with Crippen LogP contribution in [0.25, 0.3) is 10.2 Å². The molecule has 1 amide bonds. The van der Waals surface area contributed by atoms with Crippen molar-refractivity contribution < 1.29 is 18.8 Å². The molecule has 2 aromatic heterocycles. The molecule has 0 aliphatic rings. The van der Waals surface area contributed by atoms with Gasteiger partial charge in [-0.2, -0.15) is 4.99 Å². The Hall–Kier alpha value is -3.05. The Kier molecular flexibility index (Phi) is 4.59. The molecule has 7 nitrogen and oxygen atoms in total. The monoisotopic (exact) mass is 357 g/mol. The van der Waals surface area contributed by atoms with Crippen molar-refractivity contribution in [3.8, 4) is 23.8 Å². The van der Waals surface area contributed by atoms with E-state index < -0.39 is 5.91 Å². The maximum atomic E-state index is 12.4. The summed E-state index contributed by atoms with van der Waals surface area (Å²) >= 11 is 1.29. The second kappa shape index (κ2) is 6.83. The number of nitrogens with zero attached hydrogens (tertiary/aromatic N) is 3. The molecule has 2 heterocycles. The van der Waals surface area contributed by atoms with Crippen molar-refractivity contribution in [3.63, 3.8) is 0 Å². The fourth-order valence-electron chi connectivity index (χ4n) is 2.39. The highest BCUT2D eigenvalue weighted by molar-refractivity contribution is 7.16. The number of carbonyl (C=O) groups is 1. The third-order valence-electron chi connectivity index (χ3n) is 3.49. The molecule has 0 N–H and O–H groups in total. The van der Waals surface area contributed by atoms with Crippen molar-refractivity contribution >= 4 is 27.5 Å². The van der Waals surface area contributed by atoms with Crippen LogP contribution in [-0.4, -0.2) is 29.9 Å². The quantitative estimate of drug-likeness (QED) is 0.670. The Labute approximate surface area is 147 Å². The number of aromatic nitrogens is 2. The maximum Gasteiger partial charge on any atom is 0.301 e. The highest BCUT2D eigenvalue weighted by atomic mass is 32.1. The first-order valence-corrected chi connectivity index (χ1v) is 8.10. The van der Waals surface area contributed by atoms with Crippen molar-refractivity contribution in [2.75, 3.05) is 14.2 Å². The topological polar surface area (TPSA) is 78.9 Å². The molecule has 0 atom stereocenters. The molecule has 0 saturated carbocycles. The summed E-state index contributed by atoms with van der Waals surface area (Å²) in [5.74, 6) is 3.88. The predicted octanol–water partition coefficient (Wildman–Crippen LogP) is 2.39. The standard InChI is InChI=1S/C17H15N3O4S/c1-5-8-20-14-12(22-3)6-7-13(23-4)15(14)25-17(20)18-16(21)11-9-10(2)24-19-11/h1,6-7,9H,8H2,2-4H3. The van der Waals surface area contributed by atoms with Gasteiger partial charge in [0, 0.05) is 6.07 Å². The molecule has 128 valence electrons. The minimum atomic E-state index is -0.507. The lowest BCUT2D eigenvalue weighted by Crippen LogP contribution is -2.17. The van der Waals surface area contributed by atoms with Crippen molar-refractivity contribution in [2.24, 2.45) is 4.99 Å². The molecule has 3 aromatic rings. The highest BCUT2D eigenvalue weighted by Crippen LogP contribution is 2.35. The predicted molar refractivity (Wildman–Crippen MR) is 92.9 cm³/mol. The van der Waals surface area contributed by atoms with Gasteiger partial charge in [-0.1, -0.05) is 22.4 Å². The average molecular weight is 357 g/mol. The lowest BCUT2D eigenvalue weighted by atomic mass is 10.3. The van der Waals surface area contributed by atoms with Gasteiger partial charge in [0.1, 0.15) is 27.5 Å². The van der Waals surface area contributed by atoms with E-state index in [-0.39, 0.29) is 12.2 Å². The number of benzene rings is 1. The average Bonchev–Trinajstić information content (AvgIpc) is 3.19. The smallest absolute Gasteiger partial charge is 0.301 e. The molecule has 0 bridgehead atoms. The van der Waals surface area contributed by atoms with Crippen LogP contribution in [0, 0.1) is 19.3 Å². The zero-order valence-corrected chi connectivity index (χ0v) is 14.7. The molecule has 25 heavy (non-hydrogen) atoms. The van der Waals surface area contributed by atoms with E-state index in [1.54, 1.807) is 37.8 Å². The second-order valence-electron chi connectivity index (χ2n) is 5.06. The summed E-state index contributed by atoms with van der Waals surface area (Å²) in [6.07, 6.45) is 5.49. The Morgan fingerprint density at radius 1 is 1.40 bits per heavy atom. The third-order valence-corrected chi connectivity index (χ3v) is 4.58. The summed E-state index contributed by atoms with van der Waals surface area (Å²) in [7, 11) is 3.14. The lowest BCUT2D eigenvalue weighted by molar-refractivity contribution is 0.0989. The van der Waals surface area contributed by atoms with Gasteiger partial charge in [-0.25, -0.2) is 0 Å². The van der Waals surface area contributed by atoms with E-state index in [9.17, 15) is 4.79 Å². The molecule has 0 unspecified atom stereocenters. The van der Waals surface area contributed by atoms with Gasteiger partial charge >= 0.3 is 5.91 Å². The number of methoxy groups -OCH3 is 2. The van der Waals surface area contributed by atoms with Crippen LogP contribution < -0.4 is 14.3 Å². The van der Waals surface area contributed by atoms with Gasteiger partial charge in [0.25, 0.3) is 0 Å². The largest absolute Gasteiger partial charge is 0.495 e. The first-order valence-electron chi connectivity index (χ1n) is 7.29. The van der Waals surface area contributed by atoms with Gasteiger partial charge in [0.2, 0.25) is 0 Å². The fourth-order valence-corrected chi connectivity index (χ4v) is 3.53. The van der Waals surface area contributed by atoms with Crippen LogP contribution in [0.4, 0.5) is 0 Å². The lowest BCUT2D eigenvalue weighted by Gasteiger charge is -2.08. The Morgan fingerprint density at radius 2 is 2.12 bits per heavy atom. The molecule has 0 aliphatic carbocycles. The molecule has 0 saturated heterocycles. The van der Waals surface area contributed by atoms with Gasteiger partial charge in [0.15, 0.2) is 10.5 Å². The van der Waals surface area contributed by atoms with Crippen LogP contribution in [-0.2, 0) is 6.54 Å². The van der Waals surface area contributed by atoms with E-state index in [4.69, 9.17) is 20.4 Å². The number of rotatable bonds is 4. The molecule has 0 spiro atoms. The summed E-state index contributed by atoms with van der Waals surface area (Å²) < 4.78 is 18.3. The Bertz CT molecular complexity index is 1050. The molecule has 3 rings (SSSR count). The van der Waals surface area contributed by atoms with Crippen molar-refractivity contribution in [1.29, 1.82) is 0 Å². The van der Waals surface area contributed by atoms with Gasteiger partial charge in [-0.05, 0) is 19.1 Å². The van der Waals surface area contributed by atoms with Crippen LogP contribution in [0.5, 0.6) is 11.5 Å². The number of amides is 1. The summed E-state index contributed by atoms with van der Waals surface area (Å²) in [5.41, 5.74) is 0.869. The molecule has 0 radical (unpaired) electrons. The number of ether oxygens (including phenoxy) is 2. The number of terminal acetylenes is 1. The van der Waals surface area contributed by atoms with Gasteiger partial charge in [-0.3, -0.25) is 4.79 Å². The number of thiazole rings is 1. The van der Waals surface area contributed by atoms with E-state index in [0.29, 0.717) is 22.1 Å². The molecule has 8 heteroatoms. The summed E-state index contributed by atoms with van der Waals surface area (Å²) in [6, 6.07) is 5.11. The zero-order chi connectivity index (χ0) is 18.0. The second-order valence-corrected chi connectivity index (χ2v) is 6.04. The maximum absolute atomic E-state index is 12.4. The van der Waals surface area contributed by atoms with E-state index >= 15 is 0 Å². The number of aryl methyl sites for hydroxylation is 1. The normalized spacial score (nSPS) is 11.5. The fraction of sp³-hybridized carbons (Fsp3) is 0.235. The van der Waals surface area contributed by atoms with Gasteiger partial charge in [0.05, 0.1) is 20.8 Å². The SMILES string of the molecule is C#CCn1c(=NC(=O)c2cc(C)on2)sc2c(OC)ccc(OC)c21. The van der Waals surface area contributed by atoms with E-state index in [2.05, 4.69) is 16.1 Å². The molecule has 1 aromatic carbocycles. The van der Waals surface area contributed by atoms with Gasteiger partial charge in [-0.15, -0.1) is 6.42 Å². The Morgan fingerprint density at radius 3 is 2.72 bits per heavy atom. The number of hydrogen-bond donors (Lipinski definition) is 0. The van der Waals surface area contributed by atoms with Crippen molar-refractivity contribution in [3.05, 3.63) is 34.5 Å². The van der Waals surface area contributed by atoms with Crippen molar-refractivity contribution in [1.82, 2.24) is 9.72 Å². The van der Waals surface area contributed by atoms with Crippen LogP contribution in [0.2, 0.25) is 0 Å². The zero-order valence-electron chi connectivity index (χ0n) is 13.9. The van der Waals surface area contributed by atoms with E-state index in [0.717, 1.165) is 10.2 Å². The van der Waals surface area contributed by atoms with Crippen molar-refractivity contribution in [2.45, 2.75) is 13.5 Å². The summed E-state index contributed by atoms with van der Waals surface area (Å²) in [6.45, 7) is 1.94. The minimum absolute atomic E-state index is 0.140. The molecule has 0 fully saturated rings. The molecule has 0 aliphatic heterocycles. The van der Waals surface area contributed by atoms with E-state index in [1.807, 2.05) is 0 Å². The minimum Gasteiger partial charge on any atom is -0.495 e. The highest BCUT2D eigenvalue weighted by Gasteiger charge is 2.17. The van der Waals surface area contributed by atoms with Crippen LogP contribution in [0.1, 0.15) is 16.2 Å². The Balaban J connectivity index is 2.27.